The molecule has 3 aliphatic heterocycles. The van der Waals surface area contributed by atoms with Crippen LogP contribution >= 0.6 is 23.2 Å². The zero-order valence-electron chi connectivity index (χ0n) is 18.8. The van der Waals surface area contributed by atoms with E-state index in [9.17, 15) is 4.79 Å². The van der Waals surface area contributed by atoms with Gasteiger partial charge in [-0.1, -0.05) is 53.5 Å². The van der Waals surface area contributed by atoms with E-state index < -0.39 is 0 Å². The Morgan fingerprint density at radius 2 is 1.58 bits per heavy atom. The van der Waals surface area contributed by atoms with Crippen LogP contribution in [0.3, 0.4) is 0 Å². The van der Waals surface area contributed by atoms with Gasteiger partial charge in [0.05, 0.1) is 37.8 Å². The van der Waals surface area contributed by atoms with E-state index in [2.05, 4.69) is 45.0 Å². The van der Waals surface area contributed by atoms with Crippen molar-refractivity contribution in [2.24, 2.45) is 0 Å². The molecular weight excluding hydrogens is 457 g/mol. The summed E-state index contributed by atoms with van der Waals surface area (Å²) >= 11 is 12.4. The fourth-order valence-corrected chi connectivity index (χ4v) is 6.31. The number of fused-ring (bicyclic) bond motifs is 1. The van der Waals surface area contributed by atoms with Gasteiger partial charge in [-0.25, -0.2) is 0 Å². The van der Waals surface area contributed by atoms with Crippen LogP contribution in [0.4, 0.5) is 0 Å². The van der Waals surface area contributed by atoms with E-state index in [4.69, 9.17) is 27.9 Å². The molecule has 1 unspecified atom stereocenters. The number of piperazine rings is 1. The number of halogens is 2. The number of hydrogen-bond acceptors (Lipinski definition) is 4. The fraction of sp³-hybridized carbons (Fsp3) is 0.500. The number of carbonyl (C=O) groups is 1. The highest BCUT2D eigenvalue weighted by atomic mass is 35.5. The maximum atomic E-state index is 13.6. The van der Waals surface area contributed by atoms with Gasteiger partial charge in [0, 0.05) is 29.7 Å². The van der Waals surface area contributed by atoms with E-state index in [1.807, 2.05) is 12.1 Å². The van der Waals surface area contributed by atoms with Crippen molar-refractivity contribution in [3.63, 3.8) is 0 Å². The maximum Gasteiger partial charge on any atom is 0.227 e. The minimum Gasteiger partial charge on any atom is -0.378 e. The molecule has 0 bridgehead atoms. The lowest BCUT2D eigenvalue weighted by Crippen LogP contribution is -2.71. The quantitative estimate of drug-likeness (QED) is 0.635. The normalized spacial score (nSPS) is 26.4. The number of rotatable bonds is 5. The molecule has 0 aromatic heterocycles. The Balaban J connectivity index is 1.40. The molecule has 5 nitrogen and oxygen atoms in total. The van der Waals surface area contributed by atoms with E-state index in [0.29, 0.717) is 29.7 Å². The molecule has 3 saturated heterocycles. The number of hydrogen-bond donors (Lipinski definition) is 0. The number of carbonyl (C=O) groups excluding carboxylic acids is 1. The second-order valence-corrected chi connectivity index (χ2v) is 10.3. The van der Waals surface area contributed by atoms with Crippen molar-refractivity contribution in [3.05, 3.63) is 69.7 Å². The molecule has 0 radical (unpaired) electrons. The topological polar surface area (TPSA) is 36.0 Å². The molecule has 0 N–H and O–H groups in total. The summed E-state index contributed by atoms with van der Waals surface area (Å²) in [5.41, 5.74) is 2.17. The van der Waals surface area contributed by atoms with Gasteiger partial charge >= 0.3 is 0 Å². The SMILES string of the molecule is O=C(Cc1cc(Cl)cc(Cl)c1)N1CCN(Cc2ccccc2)[C@@H]2COCC(N3CCCC3)[C@H]21. The summed E-state index contributed by atoms with van der Waals surface area (Å²) in [6, 6.07) is 16.5. The average molecular weight is 488 g/mol. The predicted molar refractivity (Wildman–Crippen MR) is 132 cm³/mol. The number of benzene rings is 2. The molecule has 33 heavy (non-hydrogen) atoms. The molecular formula is C26H31Cl2N3O2. The van der Waals surface area contributed by atoms with Crippen LogP contribution in [0.15, 0.2) is 48.5 Å². The molecule has 7 heteroatoms. The third-order valence-corrected chi connectivity index (χ3v) is 7.70. The molecule has 0 spiro atoms. The highest BCUT2D eigenvalue weighted by Gasteiger charge is 2.47. The number of nitrogens with zero attached hydrogens (tertiary/aromatic N) is 3. The van der Waals surface area contributed by atoms with Crippen molar-refractivity contribution in [2.75, 3.05) is 39.4 Å². The highest BCUT2D eigenvalue weighted by Crippen LogP contribution is 2.31. The Morgan fingerprint density at radius 1 is 0.879 bits per heavy atom. The van der Waals surface area contributed by atoms with Crippen LogP contribution in [0.25, 0.3) is 0 Å². The van der Waals surface area contributed by atoms with Gasteiger partial charge in [0.15, 0.2) is 0 Å². The van der Waals surface area contributed by atoms with E-state index in [0.717, 1.165) is 38.3 Å². The Kier molecular flexibility index (Phi) is 7.24. The van der Waals surface area contributed by atoms with Crippen molar-refractivity contribution >= 4 is 29.1 Å². The lowest BCUT2D eigenvalue weighted by Gasteiger charge is -2.54. The van der Waals surface area contributed by atoms with Crippen LogP contribution in [0.2, 0.25) is 10.0 Å². The molecule has 1 amide bonds. The third kappa shape index (κ3) is 5.23. The van der Waals surface area contributed by atoms with Gasteiger partial charge in [-0.2, -0.15) is 0 Å². The molecule has 176 valence electrons. The van der Waals surface area contributed by atoms with Gasteiger partial charge in [-0.15, -0.1) is 0 Å². The molecule has 5 rings (SSSR count). The second kappa shape index (κ2) is 10.3. The Morgan fingerprint density at radius 3 is 2.30 bits per heavy atom. The van der Waals surface area contributed by atoms with Gasteiger partial charge in [0.1, 0.15) is 0 Å². The highest BCUT2D eigenvalue weighted by molar-refractivity contribution is 6.34. The average Bonchev–Trinajstić information content (AvgIpc) is 3.34. The van der Waals surface area contributed by atoms with Crippen LogP contribution in [0.5, 0.6) is 0 Å². The monoisotopic (exact) mass is 487 g/mol. The summed E-state index contributed by atoms with van der Waals surface area (Å²) in [5.74, 6) is 0.147. The van der Waals surface area contributed by atoms with Crippen LogP contribution < -0.4 is 0 Å². The lowest BCUT2D eigenvalue weighted by atomic mass is 9.90. The second-order valence-electron chi connectivity index (χ2n) is 9.40. The maximum absolute atomic E-state index is 13.6. The molecule has 2 aromatic carbocycles. The first-order valence-corrected chi connectivity index (χ1v) is 12.7. The molecule has 3 fully saturated rings. The Bertz CT molecular complexity index is 947. The number of amides is 1. The number of likely N-dealkylation sites (tertiary alicyclic amines) is 1. The van der Waals surface area contributed by atoms with Gasteiger partial charge in [-0.3, -0.25) is 14.6 Å². The van der Waals surface area contributed by atoms with Crippen molar-refractivity contribution in [1.29, 1.82) is 0 Å². The fourth-order valence-electron chi connectivity index (χ4n) is 5.74. The first-order chi connectivity index (χ1) is 16.1. The third-order valence-electron chi connectivity index (χ3n) is 7.26. The molecule has 0 saturated carbocycles. The van der Waals surface area contributed by atoms with Crippen LogP contribution in [0.1, 0.15) is 24.0 Å². The van der Waals surface area contributed by atoms with E-state index >= 15 is 0 Å². The minimum atomic E-state index is 0.122. The van der Waals surface area contributed by atoms with Crippen LogP contribution in [0, 0.1) is 0 Å². The smallest absolute Gasteiger partial charge is 0.227 e. The first kappa shape index (κ1) is 23.1. The van der Waals surface area contributed by atoms with E-state index in [-0.39, 0.29) is 24.0 Å². The summed E-state index contributed by atoms with van der Waals surface area (Å²) in [6.45, 7) is 5.97. The first-order valence-electron chi connectivity index (χ1n) is 11.9. The van der Waals surface area contributed by atoms with Crippen LogP contribution in [-0.4, -0.2) is 78.1 Å². The Labute approximate surface area is 206 Å². The van der Waals surface area contributed by atoms with Crippen molar-refractivity contribution < 1.29 is 9.53 Å². The van der Waals surface area contributed by atoms with E-state index in [1.165, 1.54) is 18.4 Å². The Hall–Kier alpha value is -1.63. The largest absolute Gasteiger partial charge is 0.378 e. The minimum absolute atomic E-state index is 0.122. The molecule has 3 aliphatic rings. The van der Waals surface area contributed by atoms with Crippen molar-refractivity contribution in [1.82, 2.24) is 14.7 Å². The summed E-state index contributed by atoms with van der Waals surface area (Å²) in [5, 5.41) is 1.13. The predicted octanol–water partition coefficient (Wildman–Crippen LogP) is 4.11. The molecule has 2 aromatic rings. The zero-order chi connectivity index (χ0) is 22.8. The van der Waals surface area contributed by atoms with Gasteiger partial charge in [-0.05, 0) is 55.3 Å². The van der Waals surface area contributed by atoms with E-state index in [1.54, 1.807) is 6.07 Å². The molecule has 3 atom stereocenters. The summed E-state index contributed by atoms with van der Waals surface area (Å²) < 4.78 is 6.15. The van der Waals surface area contributed by atoms with Crippen molar-refractivity contribution in [2.45, 2.75) is 43.9 Å². The van der Waals surface area contributed by atoms with Crippen molar-refractivity contribution in [3.8, 4) is 0 Å². The lowest BCUT2D eigenvalue weighted by molar-refractivity contribution is -0.153. The summed E-state index contributed by atoms with van der Waals surface area (Å²) in [7, 11) is 0. The molecule has 3 heterocycles. The van der Waals surface area contributed by atoms with Gasteiger partial charge < -0.3 is 9.64 Å². The number of ether oxygens (including phenoxy) is 1. The zero-order valence-corrected chi connectivity index (χ0v) is 20.3. The van der Waals surface area contributed by atoms with Gasteiger partial charge in [0.25, 0.3) is 0 Å². The van der Waals surface area contributed by atoms with Crippen LogP contribution in [-0.2, 0) is 22.5 Å². The summed E-state index contributed by atoms with van der Waals surface area (Å²) in [4.78, 5) is 20.8. The standard InChI is InChI=1S/C26H31Cl2N3O2/c27-21-12-20(13-22(28)15-21)14-25(32)31-11-10-30(16-19-6-2-1-3-7-19)24-18-33-17-23(26(24)31)29-8-4-5-9-29/h1-3,6-7,12-13,15,23-24,26H,4-5,8-11,14,16-18H2/t23?,24-,26-/m1/s1. The summed E-state index contributed by atoms with van der Waals surface area (Å²) in [6.07, 6.45) is 2.75. The van der Waals surface area contributed by atoms with Gasteiger partial charge in [0.2, 0.25) is 5.91 Å². The molecule has 0 aliphatic carbocycles.